The summed E-state index contributed by atoms with van der Waals surface area (Å²) in [5, 5.41) is 3.34. The molecule has 1 heterocycles. The van der Waals surface area contributed by atoms with Gasteiger partial charge in [-0.05, 0) is 67.6 Å². The first kappa shape index (κ1) is 25.9. The second kappa shape index (κ2) is 11.3. The van der Waals surface area contributed by atoms with Crippen LogP contribution in [0.15, 0.2) is 47.4 Å². The van der Waals surface area contributed by atoms with Gasteiger partial charge in [0.1, 0.15) is 11.9 Å². The molecule has 1 saturated carbocycles. The molecule has 2 aromatic carbocycles. The smallest absolute Gasteiger partial charge is 0.241 e. The third-order valence-corrected chi connectivity index (χ3v) is 8.63. The molecule has 4 rings (SSSR count). The van der Waals surface area contributed by atoms with E-state index in [1.165, 1.54) is 24.6 Å². The summed E-state index contributed by atoms with van der Waals surface area (Å²) in [6.45, 7) is 3.22. The van der Waals surface area contributed by atoms with Gasteiger partial charge in [0.2, 0.25) is 15.9 Å². The number of nitrogens with one attached hydrogen (secondary N) is 2. The maximum absolute atomic E-state index is 13.5. The number of sulfonamides is 1. The van der Waals surface area contributed by atoms with E-state index in [0.717, 1.165) is 49.9 Å². The molecule has 6 nitrogen and oxygen atoms in total. The number of carbonyl (C=O) groups excluding carboxylic acids is 1. The average Bonchev–Trinajstić information content (AvgIpc) is 3.20. The normalized spacial score (nSPS) is 18.2. The highest BCUT2D eigenvalue weighted by molar-refractivity contribution is 7.89. The second-order valence-electron chi connectivity index (χ2n) is 9.75. The SMILES string of the molecule is CC(CN1CCc2cc(F)ccc21)NC(=O)C(CC1CCCCC1)NS(=O)(=O)c1cccc(Cl)c1. The summed E-state index contributed by atoms with van der Waals surface area (Å²) in [7, 11) is -3.92. The molecule has 0 bridgehead atoms. The molecule has 0 radical (unpaired) electrons. The molecular formula is C26H33ClFN3O3S. The maximum Gasteiger partial charge on any atom is 0.241 e. The second-order valence-corrected chi connectivity index (χ2v) is 11.9. The van der Waals surface area contributed by atoms with E-state index in [1.807, 2.05) is 6.92 Å². The van der Waals surface area contributed by atoms with E-state index in [9.17, 15) is 17.6 Å². The largest absolute Gasteiger partial charge is 0.369 e. The van der Waals surface area contributed by atoms with Crippen molar-refractivity contribution in [3.8, 4) is 0 Å². The van der Waals surface area contributed by atoms with E-state index in [2.05, 4.69) is 14.9 Å². The van der Waals surface area contributed by atoms with Crippen molar-refractivity contribution in [3.63, 3.8) is 0 Å². The van der Waals surface area contributed by atoms with Crippen molar-refractivity contribution in [1.29, 1.82) is 0 Å². The quantitative estimate of drug-likeness (QED) is 0.503. The van der Waals surface area contributed by atoms with Gasteiger partial charge in [-0.25, -0.2) is 12.8 Å². The number of nitrogens with zero attached hydrogens (tertiary/aromatic N) is 1. The predicted molar refractivity (Wildman–Crippen MR) is 137 cm³/mol. The summed E-state index contributed by atoms with van der Waals surface area (Å²) in [4.78, 5) is 15.5. The van der Waals surface area contributed by atoms with Crippen LogP contribution in [0.25, 0.3) is 0 Å². The number of carbonyl (C=O) groups is 1. The Kier molecular flexibility index (Phi) is 8.34. The van der Waals surface area contributed by atoms with E-state index in [0.29, 0.717) is 23.9 Å². The summed E-state index contributed by atoms with van der Waals surface area (Å²) >= 11 is 6.00. The van der Waals surface area contributed by atoms with Gasteiger partial charge in [-0.3, -0.25) is 4.79 Å². The van der Waals surface area contributed by atoms with Gasteiger partial charge in [0, 0.05) is 29.8 Å². The molecule has 0 saturated heterocycles. The molecule has 1 aliphatic heterocycles. The van der Waals surface area contributed by atoms with Crippen LogP contribution in [0.1, 0.15) is 51.0 Å². The van der Waals surface area contributed by atoms with Crippen LogP contribution in [0.4, 0.5) is 10.1 Å². The van der Waals surface area contributed by atoms with Crippen molar-refractivity contribution in [3.05, 3.63) is 58.9 Å². The minimum atomic E-state index is -3.92. The lowest BCUT2D eigenvalue weighted by Crippen LogP contribution is -2.52. The number of halogens is 2. The lowest BCUT2D eigenvalue weighted by molar-refractivity contribution is -0.123. The summed E-state index contributed by atoms with van der Waals surface area (Å²) in [6, 6.07) is 9.74. The van der Waals surface area contributed by atoms with Crippen LogP contribution in [-0.2, 0) is 21.2 Å². The van der Waals surface area contributed by atoms with E-state index < -0.39 is 16.1 Å². The number of amides is 1. The molecule has 2 N–H and O–H groups in total. The van der Waals surface area contributed by atoms with Gasteiger partial charge >= 0.3 is 0 Å². The molecule has 35 heavy (non-hydrogen) atoms. The van der Waals surface area contributed by atoms with E-state index in [4.69, 9.17) is 11.6 Å². The summed E-state index contributed by atoms with van der Waals surface area (Å²) in [5.74, 6) is -0.270. The summed E-state index contributed by atoms with van der Waals surface area (Å²) in [5.41, 5.74) is 1.95. The van der Waals surface area contributed by atoms with Gasteiger partial charge in [-0.2, -0.15) is 4.72 Å². The Morgan fingerprint density at radius 2 is 1.94 bits per heavy atom. The summed E-state index contributed by atoms with van der Waals surface area (Å²) < 4.78 is 42.4. The van der Waals surface area contributed by atoms with Crippen molar-refractivity contribution in [2.45, 2.75) is 68.8 Å². The fraction of sp³-hybridized carbons (Fsp3) is 0.500. The van der Waals surface area contributed by atoms with Crippen LogP contribution >= 0.6 is 11.6 Å². The number of benzene rings is 2. The molecule has 2 aliphatic rings. The van der Waals surface area contributed by atoms with Crippen molar-refractivity contribution in [2.75, 3.05) is 18.0 Å². The topological polar surface area (TPSA) is 78.5 Å². The highest BCUT2D eigenvalue weighted by Crippen LogP contribution is 2.29. The lowest BCUT2D eigenvalue weighted by Gasteiger charge is -2.29. The fourth-order valence-electron chi connectivity index (χ4n) is 5.20. The Balaban J connectivity index is 1.44. The zero-order chi connectivity index (χ0) is 25.0. The molecule has 0 spiro atoms. The third kappa shape index (κ3) is 6.74. The first-order chi connectivity index (χ1) is 16.7. The molecule has 2 unspecified atom stereocenters. The van der Waals surface area contributed by atoms with Crippen molar-refractivity contribution >= 4 is 33.2 Å². The third-order valence-electron chi connectivity index (χ3n) is 6.93. The van der Waals surface area contributed by atoms with Gasteiger partial charge in [-0.1, -0.05) is 49.8 Å². The van der Waals surface area contributed by atoms with Gasteiger partial charge in [0.25, 0.3) is 0 Å². The van der Waals surface area contributed by atoms with E-state index >= 15 is 0 Å². The Morgan fingerprint density at radius 3 is 2.69 bits per heavy atom. The van der Waals surface area contributed by atoms with Crippen LogP contribution < -0.4 is 14.9 Å². The van der Waals surface area contributed by atoms with Gasteiger partial charge in [0.05, 0.1) is 4.90 Å². The van der Waals surface area contributed by atoms with Crippen LogP contribution in [0.5, 0.6) is 0 Å². The number of anilines is 1. The predicted octanol–water partition coefficient (Wildman–Crippen LogP) is 4.66. The maximum atomic E-state index is 13.5. The Hall–Kier alpha value is -2.16. The molecule has 9 heteroatoms. The van der Waals surface area contributed by atoms with Crippen LogP contribution in [0, 0.1) is 11.7 Å². The molecule has 1 amide bonds. The van der Waals surface area contributed by atoms with Crippen LogP contribution in [-0.4, -0.2) is 39.5 Å². The van der Waals surface area contributed by atoms with E-state index in [-0.39, 0.29) is 22.7 Å². The number of rotatable bonds is 9. The number of hydrogen-bond donors (Lipinski definition) is 2. The Morgan fingerprint density at radius 1 is 1.17 bits per heavy atom. The van der Waals surface area contributed by atoms with Crippen LogP contribution in [0.2, 0.25) is 5.02 Å². The first-order valence-corrected chi connectivity index (χ1v) is 14.2. The zero-order valence-electron chi connectivity index (χ0n) is 20.0. The zero-order valence-corrected chi connectivity index (χ0v) is 21.5. The molecule has 1 aliphatic carbocycles. The van der Waals surface area contributed by atoms with Crippen molar-refractivity contribution in [2.24, 2.45) is 5.92 Å². The molecular weight excluding hydrogens is 489 g/mol. The molecule has 0 aromatic heterocycles. The Labute approximate surface area is 212 Å². The lowest BCUT2D eigenvalue weighted by atomic mass is 9.85. The minimum absolute atomic E-state index is 0.0420. The fourth-order valence-corrected chi connectivity index (χ4v) is 6.71. The van der Waals surface area contributed by atoms with Crippen molar-refractivity contribution < 1.29 is 17.6 Å². The van der Waals surface area contributed by atoms with E-state index in [1.54, 1.807) is 24.3 Å². The average molecular weight is 522 g/mol. The highest BCUT2D eigenvalue weighted by atomic mass is 35.5. The molecule has 190 valence electrons. The molecule has 2 aromatic rings. The van der Waals surface area contributed by atoms with Gasteiger partial charge in [0.15, 0.2) is 0 Å². The van der Waals surface area contributed by atoms with Gasteiger partial charge in [-0.15, -0.1) is 0 Å². The van der Waals surface area contributed by atoms with Gasteiger partial charge < -0.3 is 10.2 Å². The molecule has 2 atom stereocenters. The standard InChI is InChI=1S/C26H33ClFN3O3S/c1-18(17-31-13-12-20-15-22(28)10-11-25(20)31)29-26(32)24(14-19-6-3-2-4-7-19)30-35(33,34)23-9-5-8-21(27)16-23/h5,8-11,15-16,18-19,24,30H,2-4,6-7,12-14,17H2,1H3,(H,29,32). The van der Waals surface area contributed by atoms with Crippen LogP contribution in [0.3, 0.4) is 0 Å². The Bertz CT molecular complexity index is 1150. The van der Waals surface area contributed by atoms with Crippen molar-refractivity contribution in [1.82, 2.24) is 10.0 Å². The first-order valence-electron chi connectivity index (χ1n) is 12.3. The highest BCUT2D eigenvalue weighted by Gasteiger charge is 2.30. The number of fused-ring (bicyclic) bond motifs is 1. The minimum Gasteiger partial charge on any atom is -0.369 e. The number of hydrogen-bond acceptors (Lipinski definition) is 4. The summed E-state index contributed by atoms with van der Waals surface area (Å²) in [6.07, 6.45) is 6.61. The molecule has 1 fully saturated rings. The monoisotopic (exact) mass is 521 g/mol.